The Morgan fingerprint density at radius 2 is 1.88 bits per heavy atom. The summed E-state index contributed by atoms with van der Waals surface area (Å²) < 4.78 is 75.8. The van der Waals surface area contributed by atoms with Crippen molar-refractivity contribution in [3.05, 3.63) is 70.9 Å². The Bertz CT molecular complexity index is 1520. The topological polar surface area (TPSA) is 102 Å². The van der Waals surface area contributed by atoms with E-state index >= 15 is 0 Å². The van der Waals surface area contributed by atoms with Crippen LogP contribution >= 0.6 is 0 Å². The van der Waals surface area contributed by atoms with E-state index in [4.69, 9.17) is 4.74 Å². The fourth-order valence-electron chi connectivity index (χ4n) is 6.34. The number of rotatable bonds is 4. The Morgan fingerprint density at radius 1 is 1.10 bits per heavy atom. The molecule has 14 heteroatoms. The molecule has 6 rings (SSSR count). The monoisotopic (exact) mass is 590 g/mol. The number of nitrogens with zero attached hydrogens (tertiary/aromatic N) is 5. The molecular weight excluding hydrogens is 563 g/mol. The quantitative estimate of drug-likeness (QED) is 0.420. The molecule has 1 saturated heterocycles. The van der Waals surface area contributed by atoms with Crippen molar-refractivity contribution in [2.75, 3.05) is 18.4 Å². The summed E-state index contributed by atoms with van der Waals surface area (Å²) in [5.41, 5.74) is -0.117. The number of hydrogen-bond acceptors (Lipinski definition) is 6. The van der Waals surface area contributed by atoms with Gasteiger partial charge in [-0.25, -0.2) is 18.6 Å². The van der Waals surface area contributed by atoms with Crippen LogP contribution in [0.4, 0.5) is 32.6 Å². The van der Waals surface area contributed by atoms with Gasteiger partial charge in [-0.05, 0) is 36.6 Å². The summed E-state index contributed by atoms with van der Waals surface area (Å²) in [7, 11) is 0. The number of fused-ring (bicyclic) bond motifs is 3. The van der Waals surface area contributed by atoms with Crippen LogP contribution in [0.3, 0.4) is 0 Å². The highest BCUT2D eigenvalue weighted by atomic mass is 19.4. The molecule has 2 aromatic heterocycles. The van der Waals surface area contributed by atoms with E-state index in [1.807, 2.05) is 6.07 Å². The SMILES string of the molecule is O=C1Nc2ncccc2C2(CCN(C(=O)C[C@H]3CC[C@H](c4cccc(F)c4F)Cn4c(CC(F)(F)F)nnc43)CC2)O1. The molecular formula is C28H27F5N6O3. The molecule has 3 aliphatic heterocycles. The number of anilines is 1. The average molecular weight is 591 g/mol. The van der Waals surface area contributed by atoms with E-state index in [0.29, 0.717) is 31.5 Å². The number of nitrogens with one attached hydrogen (secondary N) is 1. The third-order valence-electron chi connectivity index (χ3n) is 8.42. The molecule has 2 atom stereocenters. The number of halogens is 5. The van der Waals surface area contributed by atoms with E-state index in [9.17, 15) is 31.5 Å². The molecule has 5 heterocycles. The van der Waals surface area contributed by atoms with E-state index in [2.05, 4.69) is 20.5 Å². The molecule has 3 aliphatic rings. The summed E-state index contributed by atoms with van der Waals surface area (Å²) in [5.74, 6) is -3.22. The smallest absolute Gasteiger partial charge is 0.413 e. The number of piperidine rings is 1. The molecule has 0 radical (unpaired) electrons. The van der Waals surface area contributed by atoms with Crippen LogP contribution in [0.2, 0.25) is 0 Å². The average Bonchev–Trinajstić information content (AvgIpc) is 3.22. The van der Waals surface area contributed by atoms with Crippen LogP contribution in [-0.2, 0) is 28.1 Å². The second-order valence-electron chi connectivity index (χ2n) is 11.0. The first-order chi connectivity index (χ1) is 20.0. The molecule has 0 unspecified atom stereocenters. The van der Waals surface area contributed by atoms with Crippen LogP contribution in [0.1, 0.15) is 66.7 Å². The van der Waals surface area contributed by atoms with Crippen molar-refractivity contribution in [2.45, 2.75) is 68.7 Å². The van der Waals surface area contributed by atoms with Gasteiger partial charge in [0.2, 0.25) is 5.91 Å². The number of amides is 2. The summed E-state index contributed by atoms with van der Waals surface area (Å²) in [6, 6.07) is 7.34. The van der Waals surface area contributed by atoms with Gasteiger partial charge in [-0.2, -0.15) is 13.2 Å². The van der Waals surface area contributed by atoms with E-state index in [-0.39, 0.29) is 49.2 Å². The lowest BCUT2D eigenvalue weighted by Crippen LogP contribution is -2.50. The second-order valence-corrected chi connectivity index (χ2v) is 11.0. The van der Waals surface area contributed by atoms with Gasteiger partial charge < -0.3 is 14.2 Å². The first-order valence-electron chi connectivity index (χ1n) is 13.7. The van der Waals surface area contributed by atoms with Crippen molar-refractivity contribution >= 4 is 17.8 Å². The summed E-state index contributed by atoms with van der Waals surface area (Å²) in [5, 5.41) is 10.4. The molecule has 3 aromatic rings. The predicted octanol–water partition coefficient (Wildman–Crippen LogP) is 5.19. The minimum absolute atomic E-state index is 0.0466. The fourth-order valence-corrected chi connectivity index (χ4v) is 6.34. The largest absolute Gasteiger partial charge is 0.437 e. The van der Waals surface area contributed by atoms with Crippen LogP contribution in [-0.4, -0.2) is 55.9 Å². The predicted molar refractivity (Wildman–Crippen MR) is 137 cm³/mol. The van der Waals surface area contributed by atoms with E-state index < -0.39 is 47.8 Å². The van der Waals surface area contributed by atoms with E-state index in [0.717, 1.165) is 11.6 Å². The lowest BCUT2D eigenvalue weighted by atomic mass is 9.83. The van der Waals surface area contributed by atoms with Gasteiger partial charge in [0.15, 0.2) is 11.6 Å². The molecule has 1 spiro atoms. The Labute approximate surface area is 237 Å². The zero-order valence-electron chi connectivity index (χ0n) is 22.3. The van der Waals surface area contributed by atoms with Gasteiger partial charge >= 0.3 is 12.3 Å². The lowest BCUT2D eigenvalue weighted by Gasteiger charge is -2.43. The maximum atomic E-state index is 14.7. The first-order valence-corrected chi connectivity index (χ1v) is 13.7. The van der Waals surface area contributed by atoms with Crippen molar-refractivity contribution in [3.8, 4) is 0 Å². The highest BCUT2D eigenvalue weighted by Crippen LogP contribution is 2.43. The van der Waals surface area contributed by atoms with E-state index in [1.54, 1.807) is 17.2 Å². The molecule has 0 aliphatic carbocycles. The summed E-state index contributed by atoms with van der Waals surface area (Å²) in [6.45, 7) is 0.504. The third-order valence-corrected chi connectivity index (χ3v) is 8.42. The van der Waals surface area contributed by atoms with Gasteiger partial charge in [0.1, 0.15) is 29.5 Å². The number of pyridine rings is 1. The Morgan fingerprint density at radius 3 is 2.64 bits per heavy atom. The Balaban J connectivity index is 1.22. The summed E-state index contributed by atoms with van der Waals surface area (Å²) in [6.07, 6.45) is -3.67. The second kappa shape index (κ2) is 10.6. The van der Waals surface area contributed by atoms with Crippen LogP contribution in [0.25, 0.3) is 0 Å². The van der Waals surface area contributed by atoms with Crippen molar-refractivity contribution in [1.29, 1.82) is 0 Å². The van der Waals surface area contributed by atoms with Gasteiger partial charge in [0, 0.05) is 62.5 Å². The number of carbonyl (C=O) groups excluding carboxylic acids is 2. The van der Waals surface area contributed by atoms with Crippen molar-refractivity contribution < 1.29 is 36.3 Å². The molecule has 1 aromatic carbocycles. The standard InChI is InChI=1S/C28H27F5N6O3/c29-20-5-1-3-18(23(20)30)17-7-6-16(25-37-36-21(39(25)15-17)14-28(31,32)33)13-22(40)38-11-8-27(9-12-38)19-4-2-10-34-24(19)35-26(41)42-27/h1-5,10,16-17H,6-9,11-15H2,(H,34,35,41)/t16-,17+/m1/s1. The molecule has 0 saturated carbocycles. The minimum Gasteiger partial charge on any atom is -0.437 e. The molecule has 42 heavy (non-hydrogen) atoms. The number of carbonyl (C=O) groups is 2. The van der Waals surface area contributed by atoms with Crippen LogP contribution in [0.5, 0.6) is 0 Å². The summed E-state index contributed by atoms with van der Waals surface area (Å²) >= 11 is 0. The van der Waals surface area contributed by atoms with Gasteiger partial charge in [-0.15, -0.1) is 10.2 Å². The highest BCUT2D eigenvalue weighted by molar-refractivity contribution is 5.87. The van der Waals surface area contributed by atoms with Crippen molar-refractivity contribution in [3.63, 3.8) is 0 Å². The molecule has 9 nitrogen and oxygen atoms in total. The zero-order valence-corrected chi connectivity index (χ0v) is 22.3. The number of ether oxygens (including phenoxy) is 1. The third kappa shape index (κ3) is 5.29. The van der Waals surface area contributed by atoms with E-state index in [1.165, 1.54) is 16.7 Å². The number of benzene rings is 1. The maximum Gasteiger partial charge on any atom is 0.413 e. The minimum atomic E-state index is -4.56. The molecule has 222 valence electrons. The van der Waals surface area contributed by atoms with Crippen LogP contribution in [0, 0.1) is 11.6 Å². The van der Waals surface area contributed by atoms with Crippen LogP contribution < -0.4 is 5.32 Å². The van der Waals surface area contributed by atoms with Crippen molar-refractivity contribution in [2.24, 2.45) is 0 Å². The summed E-state index contributed by atoms with van der Waals surface area (Å²) in [4.78, 5) is 31.6. The number of aromatic nitrogens is 4. The normalized spacial score (nSPS) is 21.6. The fraction of sp³-hybridized carbons (Fsp3) is 0.464. The Kier molecular flexibility index (Phi) is 7.09. The molecule has 1 fully saturated rings. The van der Waals surface area contributed by atoms with Gasteiger partial charge in [0.05, 0.1) is 0 Å². The zero-order chi connectivity index (χ0) is 29.6. The van der Waals surface area contributed by atoms with Gasteiger partial charge in [-0.3, -0.25) is 10.1 Å². The Hall–Kier alpha value is -4.10. The molecule has 2 amide bonds. The molecule has 1 N–H and O–H groups in total. The number of hydrogen-bond donors (Lipinski definition) is 1. The highest BCUT2D eigenvalue weighted by Gasteiger charge is 2.46. The van der Waals surface area contributed by atoms with Gasteiger partial charge in [0.25, 0.3) is 0 Å². The van der Waals surface area contributed by atoms with Crippen LogP contribution in [0.15, 0.2) is 36.5 Å². The van der Waals surface area contributed by atoms with Crippen molar-refractivity contribution in [1.82, 2.24) is 24.6 Å². The lowest BCUT2D eigenvalue weighted by molar-refractivity contribution is -0.136. The number of likely N-dealkylation sites (tertiary alicyclic amines) is 1. The maximum absolute atomic E-state index is 14.7. The molecule has 0 bridgehead atoms. The van der Waals surface area contributed by atoms with Gasteiger partial charge in [-0.1, -0.05) is 12.1 Å². The first kappa shape index (κ1) is 28.0. The number of alkyl halides is 3.